The first-order chi connectivity index (χ1) is 13.6. The average Bonchev–Trinajstić information content (AvgIpc) is 3.48. The summed E-state index contributed by atoms with van der Waals surface area (Å²) < 4.78 is 16.3. The van der Waals surface area contributed by atoms with Gasteiger partial charge in [0.25, 0.3) is 0 Å². The molecule has 2 fully saturated rings. The molecule has 1 aromatic carbocycles. The molecule has 0 radical (unpaired) electrons. The van der Waals surface area contributed by atoms with Crippen LogP contribution in [-0.4, -0.2) is 63.5 Å². The molecule has 2 heterocycles. The van der Waals surface area contributed by atoms with Crippen LogP contribution in [0.3, 0.4) is 0 Å². The van der Waals surface area contributed by atoms with Crippen LogP contribution in [0.15, 0.2) is 29.4 Å². The van der Waals surface area contributed by atoms with Crippen LogP contribution >= 0.6 is 11.8 Å². The van der Waals surface area contributed by atoms with E-state index in [2.05, 4.69) is 17.1 Å². The second-order valence-electron chi connectivity index (χ2n) is 7.58. The number of halogens is 1. The molecule has 1 saturated carbocycles. The summed E-state index contributed by atoms with van der Waals surface area (Å²) in [5, 5.41) is 9.07. The van der Waals surface area contributed by atoms with E-state index in [-0.39, 0.29) is 17.0 Å². The number of hydrogen-bond acceptors (Lipinski definition) is 4. The summed E-state index contributed by atoms with van der Waals surface area (Å²) in [4.78, 5) is 16.4. The van der Waals surface area contributed by atoms with Gasteiger partial charge in [-0.05, 0) is 38.8 Å². The van der Waals surface area contributed by atoms with Crippen LogP contribution in [0.2, 0.25) is 0 Å². The van der Waals surface area contributed by atoms with Crippen molar-refractivity contribution < 1.29 is 14.1 Å². The number of piperazine rings is 1. The normalized spacial score (nSPS) is 19.0. The molecule has 1 amide bonds. The van der Waals surface area contributed by atoms with Crippen molar-refractivity contribution >= 4 is 17.7 Å². The van der Waals surface area contributed by atoms with Crippen molar-refractivity contribution in [2.45, 2.75) is 43.1 Å². The number of carbonyl (C=O) groups is 1. The molecule has 6 nitrogen and oxygen atoms in total. The van der Waals surface area contributed by atoms with Gasteiger partial charge >= 0.3 is 0 Å². The van der Waals surface area contributed by atoms with Gasteiger partial charge in [-0.3, -0.25) is 9.36 Å². The molecule has 1 atom stereocenters. The van der Waals surface area contributed by atoms with E-state index in [4.69, 9.17) is 0 Å². The van der Waals surface area contributed by atoms with Crippen LogP contribution in [0.5, 0.6) is 0 Å². The second kappa shape index (κ2) is 8.21. The molecule has 8 heteroatoms. The fraction of sp³-hybridized carbons (Fsp3) is 0.550. The van der Waals surface area contributed by atoms with Gasteiger partial charge in [0.05, 0.1) is 43.5 Å². The lowest BCUT2D eigenvalue weighted by atomic mass is 10.2. The topological polar surface area (TPSA) is 55.5 Å². The van der Waals surface area contributed by atoms with E-state index >= 15 is 0 Å². The van der Waals surface area contributed by atoms with E-state index < -0.39 is 0 Å². The number of amides is 1. The molecule has 150 valence electrons. The lowest BCUT2D eigenvalue weighted by Crippen LogP contribution is -3.14. The highest BCUT2D eigenvalue weighted by atomic mass is 32.2. The molecule has 2 aliphatic rings. The van der Waals surface area contributed by atoms with Gasteiger partial charge in [-0.25, -0.2) is 4.39 Å². The molecule has 28 heavy (non-hydrogen) atoms. The van der Waals surface area contributed by atoms with Crippen LogP contribution in [-0.2, 0) is 4.79 Å². The molecule has 0 bridgehead atoms. The standard InChI is InChI=1S/C20H26FN5OS/c1-3-24-10-12-25(13-11-24)19(27)14(2)28-20-23-22-18(26(20)15-8-9-15)16-6-4-5-7-17(16)21/h4-7,14-15H,3,8-13H2,1-2H3/p+1/t14-/m1/s1. The van der Waals surface area contributed by atoms with Crippen molar-refractivity contribution in [1.82, 2.24) is 19.7 Å². The molecule has 0 spiro atoms. The smallest absolute Gasteiger partial charge is 0.236 e. The SMILES string of the molecule is CC[NH+]1CCN(C(=O)[C@@H](C)Sc2nnc(-c3ccccc3F)n2C2CC2)CC1. The maximum atomic E-state index is 14.3. The van der Waals surface area contributed by atoms with Gasteiger partial charge in [-0.1, -0.05) is 23.9 Å². The van der Waals surface area contributed by atoms with Crippen LogP contribution in [0.25, 0.3) is 11.4 Å². The number of hydrogen-bond donors (Lipinski definition) is 1. The molecule has 0 unspecified atom stereocenters. The van der Waals surface area contributed by atoms with Crippen molar-refractivity contribution in [3.8, 4) is 11.4 Å². The number of carbonyl (C=O) groups excluding carboxylic acids is 1. The van der Waals surface area contributed by atoms with Crippen LogP contribution < -0.4 is 4.90 Å². The zero-order valence-corrected chi connectivity index (χ0v) is 17.2. The number of quaternary nitrogens is 1. The number of aromatic nitrogens is 3. The number of rotatable bonds is 6. The van der Waals surface area contributed by atoms with Gasteiger partial charge in [0.2, 0.25) is 5.91 Å². The van der Waals surface area contributed by atoms with E-state index in [1.807, 2.05) is 16.4 Å². The molecule has 1 aliphatic carbocycles. The molecule has 1 N–H and O–H groups in total. The molecular weight excluding hydrogens is 377 g/mol. The Labute approximate surface area is 169 Å². The van der Waals surface area contributed by atoms with Crippen molar-refractivity contribution in [3.63, 3.8) is 0 Å². The summed E-state index contributed by atoms with van der Waals surface area (Å²) in [7, 11) is 0. The quantitative estimate of drug-likeness (QED) is 0.744. The zero-order chi connectivity index (χ0) is 19.7. The monoisotopic (exact) mass is 404 g/mol. The Morgan fingerprint density at radius 2 is 2.00 bits per heavy atom. The van der Waals surface area contributed by atoms with Gasteiger partial charge in [-0.2, -0.15) is 0 Å². The summed E-state index contributed by atoms with van der Waals surface area (Å²) in [5.41, 5.74) is 0.464. The number of nitrogens with one attached hydrogen (secondary N) is 1. The molecule has 1 aromatic heterocycles. The second-order valence-corrected chi connectivity index (χ2v) is 8.88. The average molecular weight is 405 g/mol. The maximum absolute atomic E-state index is 14.3. The van der Waals surface area contributed by atoms with Gasteiger partial charge in [0.1, 0.15) is 5.82 Å². The lowest BCUT2D eigenvalue weighted by Gasteiger charge is -2.32. The molecule has 2 aromatic rings. The van der Waals surface area contributed by atoms with Crippen molar-refractivity contribution in [2.24, 2.45) is 0 Å². The minimum Gasteiger partial charge on any atom is -0.332 e. The van der Waals surface area contributed by atoms with Crippen LogP contribution in [0.4, 0.5) is 4.39 Å². The molecule has 1 aliphatic heterocycles. The highest BCUT2D eigenvalue weighted by Gasteiger charge is 2.33. The Balaban J connectivity index is 1.51. The molecule has 4 rings (SSSR count). The van der Waals surface area contributed by atoms with E-state index in [0.29, 0.717) is 22.6 Å². The summed E-state index contributed by atoms with van der Waals surface area (Å²) in [5.74, 6) is 0.412. The highest BCUT2D eigenvalue weighted by Crippen LogP contribution is 2.42. The van der Waals surface area contributed by atoms with Gasteiger partial charge in [0.15, 0.2) is 11.0 Å². The number of nitrogens with zero attached hydrogens (tertiary/aromatic N) is 4. The van der Waals surface area contributed by atoms with E-state index in [1.54, 1.807) is 23.1 Å². The van der Waals surface area contributed by atoms with E-state index in [1.165, 1.54) is 17.8 Å². The zero-order valence-electron chi connectivity index (χ0n) is 16.4. The molecular formula is C20H27FN5OS+. The molecule has 1 saturated heterocycles. The van der Waals surface area contributed by atoms with E-state index in [0.717, 1.165) is 45.6 Å². The minimum atomic E-state index is -0.297. The Hall–Kier alpha value is -1.93. The first-order valence-corrected chi connectivity index (χ1v) is 10.9. The van der Waals surface area contributed by atoms with Crippen molar-refractivity contribution in [3.05, 3.63) is 30.1 Å². The number of thioether (sulfide) groups is 1. The van der Waals surface area contributed by atoms with Crippen LogP contribution in [0.1, 0.15) is 32.7 Å². The van der Waals surface area contributed by atoms with Crippen LogP contribution in [0, 0.1) is 5.82 Å². The Morgan fingerprint density at radius 1 is 1.29 bits per heavy atom. The predicted octanol–water partition coefficient (Wildman–Crippen LogP) is 1.65. The first kappa shape index (κ1) is 19.4. The van der Waals surface area contributed by atoms with Gasteiger partial charge in [-0.15, -0.1) is 10.2 Å². The minimum absolute atomic E-state index is 0.151. The Kier molecular flexibility index (Phi) is 5.68. The fourth-order valence-corrected chi connectivity index (χ4v) is 4.71. The fourth-order valence-electron chi connectivity index (χ4n) is 3.71. The summed E-state index contributed by atoms with van der Waals surface area (Å²) >= 11 is 1.44. The third-order valence-corrected chi connectivity index (χ3v) is 6.65. The number of benzene rings is 1. The maximum Gasteiger partial charge on any atom is 0.236 e. The van der Waals surface area contributed by atoms with Gasteiger partial charge < -0.3 is 9.80 Å². The first-order valence-electron chi connectivity index (χ1n) is 10.1. The van der Waals surface area contributed by atoms with Gasteiger partial charge in [0, 0.05) is 6.04 Å². The largest absolute Gasteiger partial charge is 0.332 e. The number of likely N-dealkylation sites (N-methyl/N-ethyl adjacent to an activating group) is 1. The van der Waals surface area contributed by atoms with E-state index in [9.17, 15) is 9.18 Å². The van der Waals surface area contributed by atoms with Crippen molar-refractivity contribution in [2.75, 3.05) is 32.7 Å². The highest BCUT2D eigenvalue weighted by molar-refractivity contribution is 8.00. The van der Waals surface area contributed by atoms with Crippen molar-refractivity contribution in [1.29, 1.82) is 0 Å². The Morgan fingerprint density at radius 3 is 2.64 bits per heavy atom. The summed E-state index contributed by atoms with van der Waals surface area (Å²) in [6.07, 6.45) is 2.08. The predicted molar refractivity (Wildman–Crippen MR) is 107 cm³/mol. The third kappa shape index (κ3) is 3.93. The Bertz CT molecular complexity index is 845. The third-order valence-electron chi connectivity index (χ3n) is 5.60. The lowest BCUT2D eigenvalue weighted by molar-refractivity contribution is -0.902. The summed E-state index contributed by atoms with van der Waals surface area (Å²) in [6, 6.07) is 6.95. The summed E-state index contributed by atoms with van der Waals surface area (Å²) in [6.45, 7) is 8.86.